The molecule has 1 aliphatic rings. The minimum Gasteiger partial charge on any atom is -0.467 e. The van der Waals surface area contributed by atoms with Crippen LogP contribution in [0.1, 0.15) is 42.8 Å². The number of nitriles is 1. The Morgan fingerprint density at radius 2 is 2.17 bits per heavy atom. The topological polar surface area (TPSA) is 95.0 Å². The van der Waals surface area contributed by atoms with Crippen molar-refractivity contribution >= 4 is 5.82 Å². The molecule has 0 amide bonds. The van der Waals surface area contributed by atoms with Gasteiger partial charge in [-0.1, -0.05) is 0 Å². The van der Waals surface area contributed by atoms with Crippen LogP contribution in [0.3, 0.4) is 0 Å². The van der Waals surface area contributed by atoms with Crippen molar-refractivity contribution in [2.75, 3.05) is 5.32 Å². The number of hydrogen-bond acceptors (Lipinski definition) is 6. The number of aliphatic hydroxyl groups is 1. The molecule has 6 nitrogen and oxygen atoms in total. The second kappa shape index (κ2) is 7.25. The Bertz CT molecular complexity index is 670. The van der Waals surface area contributed by atoms with Crippen molar-refractivity contribution in [3.8, 4) is 6.07 Å². The van der Waals surface area contributed by atoms with E-state index >= 15 is 0 Å². The molecule has 2 aromatic rings. The Labute approximate surface area is 135 Å². The van der Waals surface area contributed by atoms with Crippen molar-refractivity contribution < 1.29 is 9.52 Å². The smallest absolute Gasteiger partial charge is 0.148 e. The molecule has 1 aliphatic carbocycles. The van der Waals surface area contributed by atoms with Crippen molar-refractivity contribution in [3.63, 3.8) is 0 Å². The molecule has 1 fully saturated rings. The van der Waals surface area contributed by atoms with Gasteiger partial charge in [-0.05, 0) is 43.7 Å². The van der Waals surface area contributed by atoms with E-state index in [0.717, 1.165) is 43.7 Å². The summed E-state index contributed by atoms with van der Waals surface area (Å²) in [5, 5.41) is 21.9. The van der Waals surface area contributed by atoms with Crippen LogP contribution in [0.15, 0.2) is 29.0 Å². The average molecular weight is 312 g/mol. The fourth-order valence-electron chi connectivity index (χ4n) is 2.92. The van der Waals surface area contributed by atoms with Crippen LogP contribution in [-0.4, -0.2) is 21.2 Å². The molecule has 2 N–H and O–H groups in total. The maximum atomic E-state index is 9.58. The average Bonchev–Trinajstić information content (AvgIpc) is 3.09. The van der Waals surface area contributed by atoms with Crippen molar-refractivity contribution in [1.29, 1.82) is 5.26 Å². The number of aliphatic hydroxyl groups excluding tert-OH is 1. The maximum absolute atomic E-state index is 9.58. The van der Waals surface area contributed by atoms with Crippen LogP contribution in [0, 0.1) is 17.2 Å². The van der Waals surface area contributed by atoms with Crippen LogP contribution >= 0.6 is 0 Å². The van der Waals surface area contributed by atoms with Crippen LogP contribution in [0.4, 0.5) is 5.82 Å². The monoisotopic (exact) mass is 312 g/mol. The number of nitrogens with one attached hydrogen (secondary N) is 1. The van der Waals surface area contributed by atoms with Gasteiger partial charge in [0.15, 0.2) is 0 Å². The summed E-state index contributed by atoms with van der Waals surface area (Å²) in [6.45, 7) is 0.480. The normalized spacial score (nSPS) is 20.9. The SMILES string of the molecule is N#Cc1cnc(CC2CCC(O)CC2)nc1NCc1ccco1. The molecule has 2 heterocycles. The summed E-state index contributed by atoms with van der Waals surface area (Å²) in [5.74, 6) is 2.58. The lowest BCUT2D eigenvalue weighted by atomic mass is 9.85. The molecule has 0 bridgehead atoms. The van der Waals surface area contributed by atoms with E-state index in [1.54, 1.807) is 12.5 Å². The molecular weight excluding hydrogens is 292 g/mol. The highest BCUT2D eigenvalue weighted by Gasteiger charge is 2.21. The first-order valence-electron chi connectivity index (χ1n) is 7.95. The second-order valence-electron chi connectivity index (χ2n) is 5.97. The van der Waals surface area contributed by atoms with E-state index in [1.807, 2.05) is 12.1 Å². The molecule has 23 heavy (non-hydrogen) atoms. The molecule has 6 heteroatoms. The van der Waals surface area contributed by atoms with Crippen molar-refractivity contribution in [2.24, 2.45) is 5.92 Å². The van der Waals surface area contributed by atoms with E-state index < -0.39 is 0 Å². The Balaban J connectivity index is 1.67. The zero-order valence-electron chi connectivity index (χ0n) is 12.9. The minimum absolute atomic E-state index is 0.154. The van der Waals surface area contributed by atoms with Gasteiger partial charge in [0.05, 0.1) is 25.1 Å². The quantitative estimate of drug-likeness (QED) is 0.881. The van der Waals surface area contributed by atoms with Crippen LogP contribution in [0.25, 0.3) is 0 Å². The van der Waals surface area contributed by atoms with Crippen LogP contribution in [0.5, 0.6) is 0 Å². The zero-order chi connectivity index (χ0) is 16.1. The number of rotatable bonds is 5. The van der Waals surface area contributed by atoms with E-state index in [9.17, 15) is 10.4 Å². The Kier molecular flexibility index (Phi) is 4.89. The Morgan fingerprint density at radius 1 is 1.35 bits per heavy atom. The lowest BCUT2D eigenvalue weighted by Gasteiger charge is -2.24. The Hall–Kier alpha value is -2.39. The molecule has 0 aromatic carbocycles. The first kappa shape index (κ1) is 15.5. The van der Waals surface area contributed by atoms with Gasteiger partial charge in [-0.25, -0.2) is 9.97 Å². The predicted molar refractivity (Wildman–Crippen MR) is 84.5 cm³/mol. The molecule has 2 aromatic heterocycles. The zero-order valence-corrected chi connectivity index (χ0v) is 12.9. The molecule has 0 radical (unpaired) electrons. The van der Waals surface area contributed by atoms with Gasteiger partial charge in [0.2, 0.25) is 0 Å². The van der Waals surface area contributed by atoms with Crippen molar-refractivity contribution in [3.05, 3.63) is 41.7 Å². The number of hydrogen-bond donors (Lipinski definition) is 2. The molecule has 1 saturated carbocycles. The third-order valence-electron chi connectivity index (χ3n) is 4.26. The highest BCUT2D eigenvalue weighted by atomic mass is 16.3. The van der Waals surface area contributed by atoms with Gasteiger partial charge >= 0.3 is 0 Å². The fraction of sp³-hybridized carbons (Fsp3) is 0.471. The molecule has 3 rings (SSSR count). The van der Waals surface area contributed by atoms with Crippen LogP contribution < -0.4 is 5.32 Å². The van der Waals surface area contributed by atoms with Crippen LogP contribution in [-0.2, 0) is 13.0 Å². The Morgan fingerprint density at radius 3 is 2.87 bits per heavy atom. The summed E-state index contributed by atoms with van der Waals surface area (Å²) < 4.78 is 5.28. The number of aromatic nitrogens is 2. The van der Waals surface area contributed by atoms with E-state index in [2.05, 4.69) is 21.4 Å². The summed E-state index contributed by atoms with van der Waals surface area (Å²) in [5.41, 5.74) is 0.430. The second-order valence-corrected chi connectivity index (χ2v) is 5.97. The summed E-state index contributed by atoms with van der Waals surface area (Å²) in [4.78, 5) is 8.82. The van der Waals surface area contributed by atoms with E-state index in [4.69, 9.17) is 4.42 Å². The summed E-state index contributed by atoms with van der Waals surface area (Å²) in [6, 6.07) is 5.81. The van der Waals surface area contributed by atoms with E-state index in [0.29, 0.717) is 23.8 Å². The lowest BCUT2D eigenvalue weighted by Crippen LogP contribution is -2.20. The highest BCUT2D eigenvalue weighted by Crippen LogP contribution is 2.27. The number of furan rings is 1. The summed E-state index contributed by atoms with van der Waals surface area (Å²) in [6.07, 6.45) is 7.52. The van der Waals surface area contributed by atoms with Gasteiger partial charge in [-0.3, -0.25) is 0 Å². The minimum atomic E-state index is -0.154. The van der Waals surface area contributed by atoms with Gasteiger partial charge in [0, 0.05) is 6.42 Å². The van der Waals surface area contributed by atoms with Gasteiger partial charge in [-0.2, -0.15) is 5.26 Å². The van der Waals surface area contributed by atoms with Gasteiger partial charge in [0.25, 0.3) is 0 Å². The van der Waals surface area contributed by atoms with E-state index in [-0.39, 0.29) is 6.10 Å². The molecule has 0 atom stereocenters. The van der Waals surface area contributed by atoms with Gasteiger partial charge < -0.3 is 14.8 Å². The third-order valence-corrected chi connectivity index (χ3v) is 4.26. The van der Waals surface area contributed by atoms with Gasteiger partial charge in [-0.15, -0.1) is 0 Å². The lowest BCUT2D eigenvalue weighted by molar-refractivity contribution is 0.108. The molecule has 0 spiro atoms. The summed E-state index contributed by atoms with van der Waals surface area (Å²) in [7, 11) is 0. The van der Waals surface area contributed by atoms with E-state index in [1.165, 1.54) is 0 Å². The third kappa shape index (κ3) is 4.08. The summed E-state index contributed by atoms with van der Waals surface area (Å²) >= 11 is 0. The molecular formula is C17H20N4O2. The molecule has 0 unspecified atom stereocenters. The first-order chi connectivity index (χ1) is 11.2. The fourth-order valence-corrected chi connectivity index (χ4v) is 2.92. The number of anilines is 1. The van der Waals surface area contributed by atoms with Crippen molar-refractivity contribution in [1.82, 2.24) is 9.97 Å². The molecule has 0 aliphatic heterocycles. The highest BCUT2D eigenvalue weighted by molar-refractivity contribution is 5.50. The number of nitrogens with zero attached hydrogens (tertiary/aromatic N) is 3. The van der Waals surface area contributed by atoms with Crippen molar-refractivity contribution in [2.45, 2.75) is 44.8 Å². The predicted octanol–water partition coefficient (Wildman–Crippen LogP) is 2.65. The molecule has 0 saturated heterocycles. The largest absolute Gasteiger partial charge is 0.467 e. The standard InChI is InChI=1S/C17H20N4O2/c18-9-13-10-19-16(8-12-3-5-14(22)6-4-12)21-17(13)20-11-15-2-1-7-23-15/h1-2,7,10,12,14,22H,3-6,8,11H2,(H,19,20,21). The maximum Gasteiger partial charge on any atom is 0.148 e. The van der Waals surface area contributed by atoms with Crippen LogP contribution in [0.2, 0.25) is 0 Å². The van der Waals surface area contributed by atoms with Gasteiger partial charge in [0.1, 0.15) is 29.0 Å². The first-order valence-corrected chi connectivity index (χ1v) is 7.95. The molecule has 120 valence electrons.